The van der Waals surface area contributed by atoms with Crippen molar-refractivity contribution >= 4 is 5.91 Å². The van der Waals surface area contributed by atoms with Gasteiger partial charge in [0.15, 0.2) is 0 Å². The van der Waals surface area contributed by atoms with Crippen molar-refractivity contribution in [1.29, 1.82) is 0 Å². The maximum absolute atomic E-state index is 11.4. The summed E-state index contributed by atoms with van der Waals surface area (Å²) in [4.78, 5) is 11.4. The number of carbonyl (C=O) groups is 1. The molecule has 0 rings (SSSR count). The van der Waals surface area contributed by atoms with Gasteiger partial charge in [0.2, 0.25) is 5.91 Å². The van der Waals surface area contributed by atoms with Gasteiger partial charge >= 0.3 is 0 Å². The molecule has 2 unspecified atom stereocenters. The maximum Gasteiger partial charge on any atom is 0.224 e. The molecule has 84 valence electrons. The van der Waals surface area contributed by atoms with Crippen LogP contribution in [0.1, 0.15) is 27.2 Å². The van der Waals surface area contributed by atoms with Crippen LogP contribution >= 0.6 is 0 Å². The smallest absolute Gasteiger partial charge is 0.224 e. The minimum atomic E-state index is -0.478. The first-order chi connectivity index (χ1) is 6.52. The fraction of sp³-hybridized carbons (Fsp3) is 0.900. The first kappa shape index (κ1) is 13.4. The van der Waals surface area contributed by atoms with Gasteiger partial charge in [0.05, 0.1) is 6.10 Å². The minimum absolute atomic E-state index is 0.0605. The first-order valence-electron chi connectivity index (χ1n) is 5.18. The highest BCUT2D eigenvalue weighted by Crippen LogP contribution is 2.02. The number of hydrogen-bond donors (Lipinski definition) is 3. The van der Waals surface area contributed by atoms with Crippen LogP contribution in [0.15, 0.2) is 0 Å². The SMILES string of the molecule is CCC(CN)C(=O)NCC(O)C(C)C. The van der Waals surface area contributed by atoms with Crippen molar-refractivity contribution in [3.63, 3.8) is 0 Å². The molecule has 0 fully saturated rings. The fourth-order valence-corrected chi connectivity index (χ4v) is 1.04. The van der Waals surface area contributed by atoms with E-state index in [0.717, 1.165) is 6.42 Å². The largest absolute Gasteiger partial charge is 0.391 e. The molecule has 14 heavy (non-hydrogen) atoms. The standard InChI is InChI=1S/C10H22N2O2/c1-4-8(5-11)10(14)12-6-9(13)7(2)3/h7-9,13H,4-6,11H2,1-3H3,(H,12,14). The Kier molecular flexibility index (Phi) is 6.49. The second-order valence-corrected chi connectivity index (χ2v) is 3.90. The number of aliphatic hydroxyl groups is 1. The molecule has 4 heteroatoms. The number of aliphatic hydroxyl groups excluding tert-OH is 1. The van der Waals surface area contributed by atoms with E-state index in [2.05, 4.69) is 5.32 Å². The molecule has 1 amide bonds. The Balaban J connectivity index is 3.83. The predicted octanol–water partition coefficient (Wildman–Crippen LogP) is 0.104. The summed E-state index contributed by atoms with van der Waals surface area (Å²) in [6, 6.07) is 0. The van der Waals surface area contributed by atoms with Gasteiger partial charge in [-0.3, -0.25) is 4.79 Å². The number of amides is 1. The molecule has 0 radical (unpaired) electrons. The van der Waals surface area contributed by atoms with E-state index in [1.807, 2.05) is 20.8 Å². The van der Waals surface area contributed by atoms with E-state index in [1.54, 1.807) is 0 Å². The van der Waals surface area contributed by atoms with Gasteiger partial charge < -0.3 is 16.2 Å². The van der Waals surface area contributed by atoms with Crippen molar-refractivity contribution in [3.05, 3.63) is 0 Å². The lowest BCUT2D eigenvalue weighted by molar-refractivity contribution is -0.125. The van der Waals surface area contributed by atoms with E-state index in [4.69, 9.17) is 5.73 Å². The number of rotatable bonds is 6. The Morgan fingerprint density at radius 3 is 2.43 bits per heavy atom. The second kappa shape index (κ2) is 6.79. The lowest BCUT2D eigenvalue weighted by Gasteiger charge is -2.17. The molecule has 0 saturated carbocycles. The van der Waals surface area contributed by atoms with Gasteiger partial charge in [0.1, 0.15) is 0 Å². The van der Waals surface area contributed by atoms with E-state index in [1.165, 1.54) is 0 Å². The molecule has 2 atom stereocenters. The van der Waals surface area contributed by atoms with Crippen LogP contribution in [0, 0.1) is 11.8 Å². The third-order valence-corrected chi connectivity index (χ3v) is 2.40. The summed E-state index contributed by atoms with van der Waals surface area (Å²) >= 11 is 0. The summed E-state index contributed by atoms with van der Waals surface area (Å²) in [5, 5.41) is 12.2. The Bertz CT molecular complexity index is 168. The topological polar surface area (TPSA) is 75.4 Å². The van der Waals surface area contributed by atoms with Crippen molar-refractivity contribution in [1.82, 2.24) is 5.32 Å². The number of nitrogens with two attached hydrogens (primary N) is 1. The molecular weight excluding hydrogens is 180 g/mol. The van der Waals surface area contributed by atoms with Gasteiger partial charge in [-0.05, 0) is 12.3 Å². The Morgan fingerprint density at radius 2 is 2.07 bits per heavy atom. The van der Waals surface area contributed by atoms with E-state index in [9.17, 15) is 9.90 Å². The molecule has 4 nitrogen and oxygen atoms in total. The average Bonchev–Trinajstić information content (AvgIpc) is 2.15. The van der Waals surface area contributed by atoms with Gasteiger partial charge in [-0.15, -0.1) is 0 Å². The molecule has 4 N–H and O–H groups in total. The van der Waals surface area contributed by atoms with Crippen molar-refractivity contribution in [2.75, 3.05) is 13.1 Å². The Morgan fingerprint density at radius 1 is 1.50 bits per heavy atom. The normalized spacial score (nSPS) is 15.3. The van der Waals surface area contributed by atoms with Crippen LogP contribution in [-0.2, 0) is 4.79 Å². The van der Waals surface area contributed by atoms with Crippen LogP contribution in [0.5, 0.6) is 0 Å². The molecule has 0 aromatic heterocycles. The summed E-state index contributed by atoms with van der Waals surface area (Å²) in [6.07, 6.45) is 0.259. The Hall–Kier alpha value is -0.610. The number of nitrogens with one attached hydrogen (secondary N) is 1. The zero-order valence-electron chi connectivity index (χ0n) is 9.29. The maximum atomic E-state index is 11.4. The van der Waals surface area contributed by atoms with Crippen LogP contribution < -0.4 is 11.1 Å². The van der Waals surface area contributed by atoms with Gasteiger partial charge in [-0.2, -0.15) is 0 Å². The molecule has 0 aliphatic heterocycles. The molecule has 0 heterocycles. The summed E-state index contributed by atoms with van der Waals surface area (Å²) in [5.41, 5.74) is 5.43. The van der Waals surface area contributed by atoms with E-state index in [0.29, 0.717) is 13.1 Å². The highest BCUT2D eigenvalue weighted by molar-refractivity contribution is 5.78. The van der Waals surface area contributed by atoms with Crippen LogP contribution in [0.2, 0.25) is 0 Å². The van der Waals surface area contributed by atoms with Crippen molar-refractivity contribution in [2.24, 2.45) is 17.6 Å². The lowest BCUT2D eigenvalue weighted by atomic mass is 10.0. The molecule has 0 spiro atoms. The minimum Gasteiger partial charge on any atom is -0.391 e. The lowest BCUT2D eigenvalue weighted by Crippen LogP contribution is -2.40. The van der Waals surface area contributed by atoms with Gasteiger partial charge in [-0.25, -0.2) is 0 Å². The molecule has 0 aromatic rings. The summed E-state index contributed by atoms with van der Waals surface area (Å²) in [7, 11) is 0. The van der Waals surface area contributed by atoms with E-state index < -0.39 is 6.10 Å². The molecule has 0 aliphatic carbocycles. The highest BCUT2D eigenvalue weighted by atomic mass is 16.3. The first-order valence-corrected chi connectivity index (χ1v) is 5.18. The van der Waals surface area contributed by atoms with Crippen LogP contribution in [-0.4, -0.2) is 30.2 Å². The quantitative estimate of drug-likeness (QED) is 0.572. The van der Waals surface area contributed by atoms with Crippen LogP contribution in [0.25, 0.3) is 0 Å². The van der Waals surface area contributed by atoms with Crippen molar-refractivity contribution < 1.29 is 9.90 Å². The Labute approximate surface area is 85.9 Å². The molecule has 0 aromatic carbocycles. The number of carbonyl (C=O) groups excluding carboxylic acids is 1. The van der Waals surface area contributed by atoms with Crippen molar-refractivity contribution in [3.8, 4) is 0 Å². The van der Waals surface area contributed by atoms with Gasteiger partial charge in [0.25, 0.3) is 0 Å². The fourth-order valence-electron chi connectivity index (χ4n) is 1.04. The van der Waals surface area contributed by atoms with E-state index in [-0.39, 0.29) is 17.7 Å². The predicted molar refractivity (Wildman–Crippen MR) is 56.7 cm³/mol. The third-order valence-electron chi connectivity index (χ3n) is 2.40. The molecule has 0 saturated heterocycles. The third kappa shape index (κ3) is 4.58. The summed E-state index contributed by atoms with van der Waals surface area (Å²) in [6.45, 7) is 6.43. The monoisotopic (exact) mass is 202 g/mol. The molecular formula is C10H22N2O2. The average molecular weight is 202 g/mol. The highest BCUT2D eigenvalue weighted by Gasteiger charge is 2.16. The van der Waals surface area contributed by atoms with Crippen LogP contribution in [0.4, 0.5) is 0 Å². The van der Waals surface area contributed by atoms with Crippen LogP contribution in [0.3, 0.4) is 0 Å². The zero-order valence-corrected chi connectivity index (χ0v) is 9.29. The van der Waals surface area contributed by atoms with Gasteiger partial charge in [-0.1, -0.05) is 20.8 Å². The molecule has 0 bridgehead atoms. The number of hydrogen-bond acceptors (Lipinski definition) is 3. The van der Waals surface area contributed by atoms with Gasteiger partial charge in [0, 0.05) is 19.0 Å². The zero-order chi connectivity index (χ0) is 11.1. The molecule has 0 aliphatic rings. The second-order valence-electron chi connectivity index (χ2n) is 3.90. The summed E-state index contributed by atoms with van der Waals surface area (Å²) < 4.78 is 0. The van der Waals surface area contributed by atoms with Crippen molar-refractivity contribution in [2.45, 2.75) is 33.3 Å². The van der Waals surface area contributed by atoms with E-state index >= 15 is 0 Å². The summed E-state index contributed by atoms with van der Waals surface area (Å²) in [5.74, 6) is -0.0303.